The van der Waals surface area contributed by atoms with Crippen LogP contribution in [0.25, 0.3) is 0 Å². The Morgan fingerprint density at radius 3 is 1.25 bits per heavy atom. The Hall–Kier alpha value is -2.14. The predicted molar refractivity (Wildman–Crippen MR) is 242 cm³/mol. The molecule has 0 bridgehead atoms. The van der Waals surface area contributed by atoms with E-state index in [1.165, 1.54) is 135 Å². The van der Waals surface area contributed by atoms with Gasteiger partial charge in [-0.25, -0.2) is 0 Å². The van der Waals surface area contributed by atoms with Gasteiger partial charge in [0.2, 0.25) is 0 Å². The van der Waals surface area contributed by atoms with Crippen LogP contribution >= 0.6 is 0 Å². The zero-order valence-electron chi connectivity index (χ0n) is 37.4. The number of allylic oxidation sites excluding steroid dienone is 8. The van der Waals surface area contributed by atoms with Gasteiger partial charge in [0.15, 0.2) is 6.10 Å². The Balaban J connectivity index is 4.05. The van der Waals surface area contributed by atoms with E-state index in [4.69, 9.17) is 14.2 Å². The molecule has 0 amide bonds. The first kappa shape index (κ1) is 53.9. The minimum absolute atomic E-state index is 0.0776. The third-order valence-electron chi connectivity index (χ3n) is 10.3. The van der Waals surface area contributed by atoms with Crippen molar-refractivity contribution < 1.29 is 23.8 Å². The Morgan fingerprint density at radius 2 is 0.750 bits per heavy atom. The molecule has 0 aliphatic carbocycles. The fraction of sp³-hybridized carbons (Fsp3) is 0.804. The number of hydrogen-bond acceptors (Lipinski definition) is 5. The van der Waals surface area contributed by atoms with Crippen molar-refractivity contribution in [1.82, 2.24) is 0 Å². The molecule has 0 aromatic rings. The van der Waals surface area contributed by atoms with Crippen LogP contribution in [0.5, 0.6) is 0 Å². The summed E-state index contributed by atoms with van der Waals surface area (Å²) in [4.78, 5) is 25.0. The predicted octanol–water partition coefficient (Wildman–Crippen LogP) is 16.0. The van der Waals surface area contributed by atoms with Gasteiger partial charge >= 0.3 is 11.9 Å². The maximum absolute atomic E-state index is 12.6. The summed E-state index contributed by atoms with van der Waals surface area (Å²) in [6.07, 6.45) is 57.1. The monoisotopic (exact) mass is 785 g/mol. The van der Waals surface area contributed by atoms with Gasteiger partial charge in [0.05, 0.1) is 6.61 Å². The Morgan fingerprint density at radius 1 is 0.393 bits per heavy atom. The van der Waals surface area contributed by atoms with Crippen molar-refractivity contribution >= 4 is 11.9 Å². The summed E-state index contributed by atoms with van der Waals surface area (Å²) in [7, 11) is 0. The highest BCUT2D eigenvalue weighted by Gasteiger charge is 2.17. The molecule has 0 aromatic heterocycles. The molecule has 0 fully saturated rings. The molecule has 0 spiro atoms. The molecule has 0 aliphatic heterocycles. The maximum atomic E-state index is 12.6. The van der Waals surface area contributed by atoms with Gasteiger partial charge in [-0.05, 0) is 83.5 Å². The largest absolute Gasteiger partial charge is 0.462 e. The average Bonchev–Trinajstić information content (AvgIpc) is 3.20. The van der Waals surface area contributed by atoms with E-state index in [-0.39, 0.29) is 25.2 Å². The minimum atomic E-state index is -0.538. The van der Waals surface area contributed by atoms with Gasteiger partial charge in [0.25, 0.3) is 0 Å². The van der Waals surface area contributed by atoms with Gasteiger partial charge in [-0.2, -0.15) is 0 Å². The summed E-state index contributed by atoms with van der Waals surface area (Å²) in [5, 5.41) is 0. The van der Waals surface area contributed by atoms with Gasteiger partial charge in [0, 0.05) is 19.4 Å². The number of hydrogen-bond donors (Lipinski definition) is 0. The topological polar surface area (TPSA) is 61.8 Å². The smallest absolute Gasteiger partial charge is 0.306 e. The molecular weight excluding hydrogens is 693 g/mol. The van der Waals surface area contributed by atoms with Crippen LogP contribution in [0.15, 0.2) is 48.6 Å². The Bertz CT molecular complexity index is 935. The lowest BCUT2D eigenvalue weighted by Gasteiger charge is -2.18. The van der Waals surface area contributed by atoms with E-state index in [1.54, 1.807) is 0 Å². The SMILES string of the molecule is CCCCC/C=C\C/C=C\C/C=C\CCCCCCCCCOCC(COC(=O)CCCCCCC/C=C\CCCCCCCC)OC(=O)CCCCCCC. The van der Waals surface area contributed by atoms with Crippen LogP contribution in [0.3, 0.4) is 0 Å². The highest BCUT2D eigenvalue weighted by atomic mass is 16.6. The summed E-state index contributed by atoms with van der Waals surface area (Å²) in [6, 6.07) is 0. The first-order chi connectivity index (χ1) is 27.6. The lowest BCUT2D eigenvalue weighted by Crippen LogP contribution is -2.30. The van der Waals surface area contributed by atoms with Crippen LogP contribution in [0.1, 0.15) is 239 Å². The summed E-state index contributed by atoms with van der Waals surface area (Å²) < 4.78 is 17.2. The van der Waals surface area contributed by atoms with Crippen molar-refractivity contribution in [2.75, 3.05) is 19.8 Å². The number of carbonyl (C=O) groups excluding carboxylic acids is 2. The second-order valence-electron chi connectivity index (χ2n) is 16.0. The Labute approximate surface area is 348 Å². The zero-order chi connectivity index (χ0) is 40.7. The lowest BCUT2D eigenvalue weighted by atomic mass is 10.1. The van der Waals surface area contributed by atoms with Gasteiger partial charge in [0.1, 0.15) is 6.61 Å². The van der Waals surface area contributed by atoms with E-state index >= 15 is 0 Å². The van der Waals surface area contributed by atoms with Crippen molar-refractivity contribution in [3.63, 3.8) is 0 Å². The Kier molecular flexibility index (Phi) is 45.4. The second kappa shape index (κ2) is 47.2. The van der Waals surface area contributed by atoms with E-state index in [2.05, 4.69) is 69.4 Å². The summed E-state index contributed by atoms with van der Waals surface area (Å²) in [5.41, 5.74) is 0. The fourth-order valence-electron chi connectivity index (χ4n) is 6.69. The molecule has 0 radical (unpaired) electrons. The van der Waals surface area contributed by atoms with Crippen molar-refractivity contribution in [3.8, 4) is 0 Å². The lowest BCUT2D eigenvalue weighted by molar-refractivity contribution is -0.163. The quantitative estimate of drug-likeness (QED) is 0.0350. The van der Waals surface area contributed by atoms with Crippen LogP contribution in [-0.4, -0.2) is 37.9 Å². The van der Waals surface area contributed by atoms with E-state index < -0.39 is 6.10 Å². The molecule has 5 heteroatoms. The number of esters is 2. The summed E-state index contributed by atoms with van der Waals surface area (Å²) in [5.74, 6) is -0.421. The summed E-state index contributed by atoms with van der Waals surface area (Å²) in [6.45, 7) is 7.71. The van der Waals surface area contributed by atoms with E-state index in [0.717, 1.165) is 70.6 Å². The number of rotatable bonds is 44. The van der Waals surface area contributed by atoms with Crippen molar-refractivity contribution in [1.29, 1.82) is 0 Å². The minimum Gasteiger partial charge on any atom is -0.462 e. The highest BCUT2D eigenvalue weighted by Crippen LogP contribution is 2.13. The first-order valence-electron chi connectivity index (χ1n) is 24.2. The highest BCUT2D eigenvalue weighted by molar-refractivity contribution is 5.70. The number of carbonyl (C=O) groups is 2. The molecule has 0 heterocycles. The molecule has 0 rings (SSSR count). The second-order valence-corrected chi connectivity index (χ2v) is 16.0. The molecule has 0 aliphatic rings. The van der Waals surface area contributed by atoms with Crippen LogP contribution in [0, 0.1) is 0 Å². The normalized spacial score (nSPS) is 12.6. The maximum Gasteiger partial charge on any atom is 0.306 e. The van der Waals surface area contributed by atoms with Gasteiger partial charge in [-0.1, -0.05) is 191 Å². The standard InChI is InChI=1S/C51H92O5/c1-4-7-10-13-15-17-19-21-23-24-25-26-27-29-31-33-35-37-40-43-46-54-47-49(56-51(53)45-42-38-12-9-6-3)48-55-50(52)44-41-39-36-34-32-30-28-22-20-18-16-14-11-8-5-2/h15,17,21-23,25-26,28,49H,4-14,16,18-20,24,27,29-48H2,1-3H3/b17-15-,23-21-,26-25-,28-22-. The molecule has 0 aromatic carbocycles. The van der Waals surface area contributed by atoms with Crippen LogP contribution in [-0.2, 0) is 23.8 Å². The molecule has 56 heavy (non-hydrogen) atoms. The molecular formula is C51H92O5. The third-order valence-corrected chi connectivity index (χ3v) is 10.3. The number of ether oxygens (including phenoxy) is 3. The van der Waals surface area contributed by atoms with Crippen molar-refractivity contribution in [3.05, 3.63) is 48.6 Å². The average molecular weight is 785 g/mol. The third kappa shape index (κ3) is 44.6. The zero-order valence-corrected chi connectivity index (χ0v) is 37.4. The van der Waals surface area contributed by atoms with Crippen LogP contribution in [0.2, 0.25) is 0 Å². The van der Waals surface area contributed by atoms with E-state index in [0.29, 0.717) is 19.4 Å². The number of unbranched alkanes of at least 4 members (excludes halogenated alkanes) is 25. The molecule has 1 atom stereocenters. The first-order valence-corrected chi connectivity index (χ1v) is 24.2. The van der Waals surface area contributed by atoms with E-state index in [1.807, 2.05) is 0 Å². The molecule has 0 saturated carbocycles. The van der Waals surface area contributed by atoms with E-state index in [9.17, 15) is 9.59 Å². The molecule has 0 N–H and O–H groups in total. The molecule has 326 valence electrons. The molecule has 5 nitrogen and oxygen atoms in total. The van der Waals surface area contributed by atoms with Crippen molar-refractivity contribution in [2.45, 2.75) is 245 Å². The molecule has 1 unspecified atom stereocenters. The van der Waals surface area contributed by atoms with Crippen LogP contribution < -0.4 is 0 Å². The van der Waals surface area contributed by atoms with Gasteiger partial charge in [-0.15, -0.1) is 0 Å². The van der Waals surface area contributed by atoms with Gasteiger partial charge < -0.3 is 14.2 Å². The van der Waals surface area contributed by atoms with Crippen LogP contribution in [0.4, 0.5) is 0 Å². The fourth-order valence-corrected chi connectivity index (χ4v) is 6.69. The molecule has 0 saturated heterocycles. The van der Waals surface area contributed by atoms with Crippen molar-refractivity contribution in [2.24, 2.45) is 0 Å². The summed E-state index contributed by atoms with van der Waals surface area (Å²) >= 11 is 0. The van der Waals surface area contributed by atoms with Gasteiger partial charge in [-0.3, -0.25) is 9.59 Å².